The third-order valence-corrected chi connectivity index (χ3v) is 3.90. The molecule has 2 nitrogen and oxygen atoms in total. The van der Waals surface area contributed by atoms with E-state index in [0.29, 0.717) is 6.04 Å². The van der Waals surface area contributed by atoms with Gasteiger partial charge in [0.1, 0.15) is 0 Å². The summed E-state index contributed by atoms with van der Waals surface area (Å²) in [5.74, 6) is 0. The maximum absolute atomic E-state index is 9.91. The zero-order valence-corrected chi connectivity index (χ0v) is 10.8. The van der Waals surface area contributed by atoms with Gasteiger partial charge in [0.05, 0.1) is 6.10 Å². The Kier molecular flexibility index (Phi) is 3.85. The van der Waals surface area contributed by atoms with Gasteiger partial charge in [-0.1, -0.05) is 44.2 Å². The number of benzene rings is 1. The fourth-order valence-corrected chi connectivity index (χ4v) is 2.66. The van der Waals surface area contributed by atoms with Crippen molar-refractivity contribution < 1.29 is 5.11 Å². The van der Waals surface area contributed by atoms with Crippen LogP contribution in [-0.4, -0.2) is 17.3 Å². The van der Waals surface area contributed by atoms with E-state index in [2.05, 4.69) is 43.4 Å². The van der Waals surface area contributed by atoms with Crippen LogP contribution in [0.5, 0.6) is 0 Å². The molecule has 94 valence electrons. The van der Waals surface area contributed by atoms with Crippen LogP contribution >= 0.6 is 0 Å². The summed E-state index contributed by atoms with van der Waals surface area (Å²) in [4.78, 5) is 0. The van der Waals surface area contributed by atoms with Gasteiger partial charge in [0.2, 0.25) is 0 Å². The van der Waals surface area contributed by atoms with E-state index >= 15 is 0 Å². The Morgan fingerprint density at radius 1 is 1.24 bits per heavy atom. The Morgan fingerprint density at radius 2 is 1.94 bits per heavy atom. The van der Waals surface area contributed by atoms with E-state index in [-0.39, 0.29) is 11.5 Å². The van der Waals surface area contributed by atoms with Gasteiger partial charge in [-0.05, 0) is 30.2 Å². The van der Waals surface area contributed by atoms with Crippen LogP contribution in [0.1, 0.15) is 38.7 Å². The lowest BCUT2D eigenvalue weighted by molar-refractivity contribution is 0.00119. The van der Waals surface area contributed by atoms with Gasteiger partial charge in [-0.15, -0.1) is 0 Å². The molecule has 0 unspecified atom stereocenters. The molecular formula is C15H23NO. The van der Waals surface area contributed by atoms with Crippen LogP contribution in [-0.2, 0) is 6.54 Å². The normalized spacial score (nSPS) is 27.9. The van der Waals surface area contributed by atoms with E-state index in [1.54, 1.807) is 0 Å². The molecule has 0 aliphatic heterocycles. The molecule has 0 aromatic heterocycles. The first-order valence-corrected chi connectivity index (χ1v) is 6.53. The number of aliphatic hydroxyl groups is 1. The number of aliphatic hydroxyl groups excluding tert-OH is 1. The molecule has 1 fully saturated rings. The lowest BCUT2D eigenvalue weighted by Crippen LogP contribution is -2.44. The predicted octanol–water partition coefficient (Wildman–Crippen LogP) is 2.72. The zero-order chi connectivity index (χ0) is 12.3. The van der Waals surface area contributed by atoms with Crippen molar-refractivity contribution in [3.8, 4) is 0 Å². The molecular weight excluding hydrogens is 210 g/mol. The first-order valence-electron chi connectivity index (χ1n) is 6.53. The van der Waals surface area contributed by atoms with Crippen LogP contribution in [0.2, 0.25) is 0 Å². The van der Waals surface area contributed by atoms with E-state index in [0.717, 1.165) is 25.8 Å². The maximum atomic E-state index is 9.91. The third-order valence-electron chi connectivity index (χ3n) is 3.90. The monoisotopic (exact) mass is 233 g/mol. The van der Waals surface area contributed by atoms with Crippen molar-refractivity contribution in [1.29, 1.82) is 0 Å². The molecule has 2 heteroatoms. The van der Waals surface area contributed by atoms with Crippen molar-refractivity contribution >= 4 is 0 Å². The van der Waals surface area contributed by atoms with Crippen LogP contribution in [0.3, 0.4) is 0 Å². The third kappa shape index (κ3) is 3.30. The lowest BCUT2D eigenvalue weighted by Gasteiger charge is -2.40. The maximum Gasteiger partial charge on any atom is 0.0592 e. The largest absolute Gasteiger partial charge is 0.393 e. The van der Waals surface area contributed by atoms with Crippen LogP contribution < -0.4 is 5.32 Å². The summed E-state index contributed by atoms with van der Waals surface area (Å²) in [6.45, 7) is 5.25. The highest BCUT2D eigenvalue weighted by molar-refractivity contribution is 5.14. The van der Waals surface area contributed by atoms with E-state index in [1.807, 2.05) is 6.07 Å². The highest BCUT2D eigenvalue weighted by atomic mass is 16.3. The second-order valence-corrected chi connectivity index (χ2v) is 5.85. The molecule has 1 saturated carbocycles. The van der Waals surface area contributed by atoms with Crippen molar-refractivity contribution in [3.63, 3.8) is 0 Å². The van der Waals surface area contributed by atoms with Crippen LogP contribution in [0.4, 0.5) is 0 Å². The fraction of sp³-hybridized carbons (Fsp3) is 0.600. The lowest BCUT2D eigenvalue weighted by atomic mass is 9.73. The number of hydrogen-bond acceptors (Lipinski definition) is 2. The first-order chi connectivity index (χ1) is 8.08. The molecule has 2 N–H and O–H groups in total. The minimum absolute atomic E-state index is 0.0482. The van der Waals surface area contributed by atoms with Gasteiger partial charge in [-0.25, -0.2) is 0 Å². The fourth-order valence-electron chi connectivity index (χ4n) is 2.66. The summed E-state index contributed by atoms with van der Waals surface area (Å²) in [6.07, 6.45) is 2.91. The van der Waals surface area contributed by atoms with Gasteiger partial charge in [-0.2, -0.15) is 0 Å². The summed E-state index contributed by atoms with van der Waals surface area (Å²) in [7, 11) is 0. The average Bonchev–Trinajstić information content (AvgIpc) is 2.32. The predicted molar refractivity (Wildman–Crippen MR) is 70.7 cm³/mol. The molecule has 0 saturated heterocycles. The van der Waals surface area contributed by atoms with Crippen LogP contribution in [0.15, 0.2) is 30.3 Å². The Bertz CT molecular complexity index is 347. The van der Waals surface area contributed by atoms with Gasteiger partial charge >= 0.3 is 0 Å². The molecule has 0 radical (unpaired) electrons. The minimum Gasteiger partial charge on any atom is -0.393 e. The topological polar surface area (TPSA) is 32.3 Å². The molecule has 0 amide bonds. The first kappa shape index (κ1) is 12.6. The van der Waals surface area contributed by atoms with E-state index in [9.17, 15) is 5.11 Å². The second kappa shape index (κ2) is 5.19. The molecule has 2 rings (SSSR count). The van der Waals surface area contributed by atoms with Crippen LogP contribution in [0, 0.1) is 5.41 Å². The standard InChI is InChI=1S/C15H23NO/c1-15(2)10-13(8-9-14(15)17)16-11-12-6-4-3-5-7-12/h3-7,13-14,16-17H,8-11H2,1-2H3/t13-,14-/m1/s1. The van der Waals surface area contributed by atoms with E-state index < -0.39 is 0 Å². The Hall–Kier alpha value is -0.860. The zero-order valence-electron chi connectivity index (χ0n) is 10.8. The summed E-state index contributed by atoms with van der Waals surface area (Å²) < 4.78 is 0. The Labute approximate surface area is 104 Å². The summed E-state index contributed by atoms with van der Waals surface area (Å²) in [5, 5.41) is 13.5. The molecule has 1 aromatic carbocycles. The van der Waals surface area contributed by atoms with Crippen molar-refractivity contribution in [3.05, 3.63) is 35.9 Å². The highest BCUT2D eigenvalue weighted by Gasteiger charge is 2.35. The summed E-state index contributed by atoms with van der Waals surface area (Å²) in [6, 6.07) is 11.0. The van der Waals surface area contributed by atoms with Gasteiger partial charge in [0.25, 0.3) is 0 Å². The smallest absolute Gasteiger partial charge is 0.0592 e. The van der Waals surface area contributed by atoms with Crippen molar-refractivity contribution in [2.75, 3.05) is 0 Å². The second-order valence-electron chi connectivity index (χ2n) is 5.85. The number of rotatable bonds is 3. The number of nitrogens with one attached hydrogen (secondary N) is 1. The molecule has 1 aliphatic carbocycles. The molecule has 2 atom stereocenters. The van der Waals surface area contributed by atoms with Crippen molar-refractivity contribution in [2.45, 2.75) is 51.8 Å². The molecule has 0 heterocycles. The highest BCUT2D eigenvalue weighted by Crippen LogP contribution is 2.35. The van der Waals surface area contributed by atoms with Gasteiger partial charge in [0, 0.05) is 12.6 Å². The molecule has 1 aliphatic rings. The van der Waals surface area contributed by atoms with E-state index in [1.165, 1.54) is 5.56 Å². The SMILES string of the molecule is CC1(C)C[C@H](NCc2ccccc2)CC[C@H]1O. The van der Waals surface area contributed by atoms with Gasteiger partial charge in [0.15, 0.2) is 0 Å². The Morgan fingerprint density at radius 3 is 2.59 bits per heavy atom. The van der Waals surface area contributed by atoms with E-state index in [4.69, 9.17) is 0 Å². The Balaban J connectivity index is 1.85. The minimum atomic E-state index is -0.141. The summed E-state index contributed by atoms with van der Waals surface area (Å²) >= 11 is 0. The molecule has 0 bridgehead atoms. The average molecular weight is 233 g/mol. The molecule has 17 heavy (non-hydrogen) atoms. The van der Waals surface area contributed by atoms with Gasteiger partial charge in [-0.3, -0.25) is 0 Å². The van der Waals surface area contributed by atoms with Crippen LogP contribution in [0.25, 0.3) is 0 Å². The molecule has 1 aromatic rings. The van der Waals surface area contributed by atoms with Gasteiger partial charge < -0.3 is 10.4 Å². The molecule has 0 spiro atoms. The number of hydrogen-bond donors (Lipinski definition) is 2. The quantitative estimate of drug-likeness (QED) is 0.841. The van der Waals surface area contributed by atoms with Crippen molar-refractivity contribution in [1.82, 2.24) is 5.32 Å². The van der Waals surface area contributed by atoms with Crippen molar-refractivity contribution in [2.24, 2.45) is 5.41 Å². The summed E-state index contributed by atoms with van der Waals surface area (Å²) in [5.41, 5.74) is 1.38.